The average molecular weight is 274 g/mol. The fraction of sp³-hybridized carbons (Fsp3) is 0.923. The van der Waals surface area contributed by atoms with Gasteiger partial charge in [-0.2, -0.15) is 0 Å². The summed E-state index contributed by atoms with van der Waals surface area (Å²) in [5.74, 6) is 0.770. The van der Waals surface area contributed by atoms with E-state index in [0.29, 0.717) is 5.75 Å². The van der Waals surface area contributed by atoms with Gasteiger partial charge in [0.25, 0.3) is 0 Å². The lowest BCUT2D eigenvalue weighted by atomic mass is 9.90. The van der Waals surface area contributed by atoms with Crippen molar-refractivity contribution in [2.24, 2.45) is 0 Å². The van der Waals surface area contributed by atoms with Crippen molar-refractivity contribution in [1.29, 1.82) is 0 Å². The van der Waals surface area contributed by atoms with Crippen LogP contribution in [0.15, 0.2) is 0 Å². The highest BCUT2D eigenvalue weighted by molar-refractivity contribution is 7.84. The van der Waals surface area contributed by atoms with E-state index in [1.165, 1.54) is 0 Å². The van der Waals surface area contributed by atoms with Crippen molar-refractivity contribution < 1.29 is 9.00 Å². The number of carbonyl (C=O) groups excluding carboxylic acids is 1. The normalized spacial score (nSPS) is 26.8. The van der Waals surface area contributed by atoms with E-state index in [2.05, 4.69) is 17.6 Å². The Bertz CT molecular complexity index is 301. The Morgan fingerprint density at radius 3 is 2.78 bits per heavy atom. The molecule has 18 heavy (non-hydrogen) atoms. The van der Waals surface area contributed by atoms with E-state index in [1.807, 2.05) is 6.92 Å². The number of hydrogen-bond acceptors (Lipinski definition) is 3. The number of hydrogen-bond donors (Lipinski definition) is 2. The standard InChI is InChI=1S/C13H26N2O2S/c1-4-7-13(8-5-9-14-13)12(16)15-11(2)6-10-18(3)17/h11,14H,4-10H2,1-3H3,(H,15,16). The van der Waals surface area contributed by atoms with E-state index in [-0.39, 0.29) is 17.5 Å². The van der Waals surface area contributed by atoms with Gasteiger partial charge >= 0.3 is 0 Å². The fourth-order valence-electron chi connectivity index (χ4n) is 2.53. The third kappa shape index (κ3) is 4.35. The maximum Gasteiger partial charge on any atom is 0.240 e. The van der Waals surface area contributed by atoms with E-state index in [1.54, 1.807) is 6.26 Å². The molecule has 3 atom stereocenters. The molecule has 0 aromatic rings. The molecule has 0 aromatic carbocycles. The topological polar surface area (TPSA) is 58.2 Å². The van der Waals surface area contributed by atoms with Gasteiger partial charge in [0, 0.05) is 28.9 Å². The monoisotopic (exact) mass is 274 g/mol. The summed E-state index contributed by atoms with van der Waals surface area (Å²) < 4.78 is 11.0. The van der Waals surface area contributed by atoms with E-state index in [0.717, 1.165) is 38.6 Å². The lowest BCUT2D eigenvalue weighted by Gasteiger charge is -2.29. The van der Waals surface area contributed by atoms with E-state index < -0.39 is 10.8 Å². The largest absolute Gasteiger partial charge is 0.352 e. The van der Waals surface area contributed by atoms with E-state index in [4.69, 9.17) is 0 Å². The molecule has 1 rings (SSSR count). The number of amides is 1. The molecule has 0 bridgehead atoms. The lowest BCUT2D eigenvalue weighted by molar-refractivity contribution is -0.128. The Labute approximate surface area is 113 Å². The molecule has 1 aliphatic rings. The highest BCUT2D eigenvalue weighted by Crippen LogP contribution is 2.25. The first-order chi connectivity index (χ1) is 8.50. The molecule has 1 aliphatic heterocycles. The Morgan fingerprint density at radius 1 is 1.56 bits per heavy atom. The van der Waals surface area contributed by atoms with Gasteiger partial charge in [0.05, 0.1) is 5.54 Å². The second kappa shape index (κ2) is 7.24. The quantitative estimate of drug-likeness (QED) is 0.733. The van der Waals surface area contributed by atoms with Crippen LogP contribution in [0.1, 0.15) is 46.0 Å². The van der Waals surface area contributed by atoms with Gasteiger partial charge in [0.15, 0.2) is 0 Å². The van der Waals surface area contributed by atoms with Crippen LogP contribution in [0.5, 0.6) is 0 Å². The second-order valence-electron chi connectivity index (χ2n) is 5.30. The average Bonchev–Trinajstić information content (AvgIpc) is 2.77. The zero-order chi connectivity index (χ0) is 13.6. The van der Waals surface area contributed by atoms with Crippen LogP contribution in [0.25, 0.3) is 0 Å². The Hall–Kier alpha value is -0.420. The summed E-state index contributed by atoms with van der Waals surface area (Å²) in [6.07, 6.45) is 6.38. The van der Waals surface area contributed by atoms with Gasteiger partial charge in [-0.1, -0.05) is 13.3 Å². The molecule has 0 saturated carbocycles. The summed E-state index contributed by atoms with van der Waals surface area (Å²) in [5.41, 5.74) is -0.353. The van der Waals surface area contributed by atoms with Crippen molar-refractivity contribution in [3.8, 4) is 0 Å². The molecule has 3 unspecified atom stereocenters. The SMILES string of the molecule is CCCC1(C(=O)NC(C)CCS(C)=O)CCCN1. The van der Waals surface area contributed by atoms with Crippen LogP contribution < -0.4 is 10.6 Å². The van der Waals surface area contributed by atoms with Gasteiger partial charge in [-0.05, 0) is 39.2 Å². The molecule has 106 valence electrons. The highest BCUT2D eigenvalue weighted by Gasteiger charge is 2.40. The van der Waals surface area contributed by atoms with Crippen LogP contribution in [0.4, 0.5) is 0 Å². The number of rotatable bonds is 7. The first kappa shape index (κ1) is 15.6. The first-order valence-corrected chi connectivity index (χ1v) is 8.59. The van der Waals surface area contributed by atoms with Crippen molar-refractivity contribution in [2.75, 3.05) is 18.6 Å². The number of carbonyl (C=O) groups is 1. The minimum absolute atomic E-state index is 0.0949. The van der Waals surface area contributed by atoms with Gasteiger partial charge in [0.1, 0.15) is 0 Å². The molecule has 0 aromatic heterocycles. The third-order valence-electron chi connectivity index (χ3n) is 3.57. The highest BCUT2D eigenvalue weighted by atomic mass is 32.2. The van der Waals surface area contributed by atoms with Crippen LogP contribution >= 0.6 is 0 Å². The van der Waals surface area contributed by atoms with Gasteiger partial charge in [-0.3, -0.25) is 9.00 Å². The summed E-state index contributed by atoms with van der Waals surface area (Å²) in [6, 6.07) is 0.0949. The molecule has 5 heteroatoms. The molecule has 2 N–H and O–H groups in total. The maximum absolute atomic E-state index is 12.4. The molecule has 1 fully saturated rings. The molecule has 1 heterocycles. The minimum atomic E-state index is -0.784. The predicted octanol–water partition coefficient (Wildman–Crippen LogP) is 1.18. The van der Waals surface area contributed by atoms with Crippen LogP contribution in [0.3, 0.4) is 0 Å². The summed E-state index contributed by atoms with van der Waals surface area (Å²) in [4.78, 5) is 12.4. The summed E-state index contributed by atoms with van der Waals surface area (Å²) in [7, 11) is -0.784. The predicted molar refractivity (Wildman–Crippen MR) is 76.0 cm³/mol. The smallest absolute Gasteiger partial charge is 0.240 e. The molecule has 1 amide bonds. The van der Waals surface area contributed by atoms with Crippen LogP contribution in [0.2, 0.25) is 0 Å². The zero-order valence-electron chi connectivity index (χ0n) is 11.8. The van der Waals surface area contributed by atoms with E-state index >= 15 is 0 Å². The number of nitrogens with one attached hydrogen (secondary N) is 2. The summed E-state index contributed by atoms with van der Waals surface area (Å²) >= 11 is 0. The zero-order valence-corrected chi connectivity index (χ0v) is 12.6. The molecule has 0 spiro atoms. The van der Waals surface area contributed by atoms with Crippen molar-refractivity contribution in [2.45, 2.75) is 57.5 Å². The van der Waals surface area contributed by atoms with Crippen molar-refractivity contribution in [3.63, 3.8) is 0 Å². The molecule has 4 nitrogen and oxygen atoms in total. The second-order valence-corrected chi connectivity index (χ2v) is 6.86. The minimum Gasteiger partial charge on any atom is -0.352 e. The third-order valence-corrected chi connectivity index (χ3v) is 4.38. The molecule has 1 saturated heterocycles. The van der Waals surface area contributed by atoms with Gasteiger partial charge < -0.3 is 10.6 Å². The van der Waals surface area contributed by atoms with Crippen molar-refractivity contribution >= 4 is 16.7 Å². The summed E-state index contributed by atoms with van der Waals surface area (Å²) in [5, 5.41) is 6.44. The maximum atomic E-state index is 12.4. The van der Waals surface area contributed by atoms with Crippen LogP contribution in [-0.2, 0) is 15.6 Å². The van der Waals surface area contributed by atoms with Crippen molar-refractivity contribution in [3.05, 3.63) is 0 Å². The Balaban J connectivity index is 2.49. The lowest BCUT2D eigenvalue weighted by Crippen LogP contribution is -2.55. The Morgan fingerprint density at radius 2 is 2.28 bits per heavy atom. The molecular weight excluding hydrogens is 248 g/mol. The molecular formula is C13H26N2O2S. The van der Waals surface area contributed by atoms with E-state index in [9.17, 15) is 9.00 Å². The van der Waals surface area contributed by atoms with Crippen LogP contribution in [-0.4, -0.2) is 40.3 Å². The summed E-state index contributed by atoms with van der Waals surface area (Å²) in [6.45, 7) is 5.03. The van der Waals surface area contributed by atoms with Gasteiger partial charge in [0.2, 0.25) is 5.91 Å². The van der Waals surface area contributed by atoms with Crippen LogP contribution in [0, 0.1) is 0 Å². The van der Waals surface area contributed by atoms with Gasteiger partial charge in [-0.25, -0.2) is 0 Å². The molecule has 0 aliphatic carbocycles. The van der Waals surface area contributed by atoms with Crippen molar-refractivity contribution in [1.82, 2.24) is 10.6 Å². The fourth-order valence-corrected chi connectivity index (χ4v) is 3.22. The molecule has 0 radical (unpaired) electrons. The first-order valence-electron chi connectivity index (χ1n) is 6.86. The van der Waals surface area contributed by atoms with Gasteiger partial charge in [-0.15, -0.1) is 0 Å². The Kier molecular flexibility index (Phi) is 6.29.